The maximum Gasteiger partial charge on any atom is 0.472 e. The van der Waals surface area contributed by atoms with E-state index in [1.54, 1.807) is 0 Å². The van der Waals surface area contributed by atoms with Crippen molar-refractivity contribution < 1.29 is 47.8 Å². The number of aliphatic hydroxyl groups excluding tert-OH is 2. The number of carbonyl (C=O) groups excluding carboxylic acids is 2. The number of hydrogen-bond acceptors (Lipinski definition) is 9. The van der Waals surface area contributed by atoms with Crippen molar-refractivity contribution in [2.75, 3.05) is 26.4 Å². The Morgan fingerprint density at radius 2 is 1.12 bits per heavy atom. The standard InChI is InChI=1S/C38H67O10P/c1-3-5-7-9-11-13-15-16-17-18-20-22-24-26-28-30-38(42)48-36(34-47-49(43,44)46-32-35(40)31-39)33-45-37(41)29-27-25-23-21-19-14-12-10-8-6-4-2/h5,7,11,13,16-17,20,22,35-36,39-40H,3-4,6,8-10,12,14-15,18-19,21,23-34H2,1-2H3,(H,43,44)/b7-5-,13-11-,17-16-,22-20-/t35-,36+/m0/s1. The zero-order chi connectivity index (χ0) is 36.3. The van der Waals surface area contributed by atoms with Gasteiger partial charge in [-0.3, -0.25) is 18.6 Å². The Morgan fingerprint density at radius 1 is 0.633 bits per heavy atom. The molecular formula is C38H67O10P. The molecule has 0 aliphatic rings. The predicted molar refractivity (Wildman–Crippen MR) is 196 cm³/mol. The molecule has 3 N–H and O–H groups in total. The first kappa shape index (κ1) is 46.9. The molecule has 0 bridgehead atoms. The molecule has 0 aromatic rings. The van der Waals surface area contributed by atoms with Crippen molar-refractivity contribution in [3.05, 3.63) is 48.6 Å². The molecule has 0 aliphatic carbocycles. The Balaban J connectivity index is 4.47. The van der Waals surface area contributed by atoms with Crippen LogP contribution < -0.4 is 0 Å². The number of phosphoric acid groups is 1. The minimum atomic E-state index is -4.62. The van der Waals surface area contributed by atoms with Crippen LogP contribution >= 0.6 is 7.82 Å². The number of hydrogen-bond donors (Lipinski definition) is 3. The first-order chi connectivity index (χ1) is 23.7. The van der Waals surface area contributed by atoms with Crippen molar-refractivity contribution in [2.45, 2.75) is 154 Å². The molecule has 284 valence electrons. The molecule has 0 radical (unpaired) electrons. The van der Waals surface area contributed by atoms with Gasteiger partial charge in [-0.15, -0.1) is 0 Å². The molecule has 1 unspecified atom stereocenters. The summed E-state index contributed by atoms with van der Waals surface area (Å²) in [4.78, 5) is 34.7. The van der Waals surface area contributed by atoms with Gasteiger partial charge in [-0.1, -0.05) is 127 Å². The van der Waals surface area contributed by atoms with Crippen molar-refractivity contribution in [1.29, 1.82) is 0 Å². The minimum absolute atomic E-state index is 0.132. The van der Waals surface area contributed by atoms with Gasteiger partial charge in [-0.2, -0.15) is 0 Å². The van der Waals surface area contributed by atoms with Crippen LogP contribution in [-0.2, 0) is 32.7 Å². The number of esters is 2. The summed E-state index contributed by atoms with van der Waals surface area (Å²) in [6, 6.07) is 0. The second-order valence-corrected chi connectivity index (χ2v) is 13.7. The number of rotatable bonds is 34. The molecule has 0 rings (SSSR count). The zero-order valence-electron chi connectivity index (χ0n) is 30.4. The van der Waals surface area contributed by atoms with Crippen LogP contribution in [0.15, 0.2) is 48.6 Å². The topological polar surface area (TPSA) is 149 Å². The third-order valence-electron chi connectivity index (χ3n) is 7.50. The lowest BCUT2D eigenvalue weighted by Crippen LogP contribution is -2.29. The summed E-state index contributed by atoms with van der Waals surface area (Å²) >= 11 is 0. The van der Waals surface area contributed by atoms with Gasteiger partial charge in [-0.25, -0.2) is 4.57 Å². The molecule has 0 heterocycles. The van der Waals surface area contributed by atoms with Crippen molar-refractivity contribution in [3.8, 4) is 0 Å². The lowest BCUT2D eigenvalue weighted by Gasteiger charge is -2.20. The fourth-order valence-corrected chi connectivity index (χ4v) is 5.42. The molecule has 0 saturated carbocycles. The van der Waals surface area contributed by atoms with Gasteiger partial charge in [0, 0.05) is 12.8 Å². The largest absolute Gasteiger partial charge is 0.472 e. The van der Waals surface area contributed by atoms with E-state index in [0.29, 0.717) is 12.8 Å². The molecule has 0 aromatic carbocycles. The number of aliphatic hydroxyl groups is 2. The first-order valence-corrected chi connectivity index (χ1v) is 20.1. The van der Waals surface area contributed by atoms with E-state index >= 15 is 0 Å². The van der Waals surface area contributed by atoms with E-state index < -0.39 is 51.8 Å². The first-order valence-electron chi connectivity index (χ1n) is 18.6. The zero-order valence-corrected chi connectivity index (χ0v) is 31.3. The lowest BCUT2D eigenvalue weighted by atomic mass is 10.1. The van der Waals surface area contributed by atoms with E-state index in [4.69, 9.17) is 19.1 Å². The third-order valence-corrected chi connectivity index (χ3v) is 8.45. The monoisotopic (exact) mass is 714 g/mol. The molecule has 0 amide bonds. The molecule has 11 heteroatoms. The Kier molecular flexibility index (Phi) is 32.9. The van der Waals surface area contributed by atoms with Gasteiger partial charge in [0.05, 0.1) is 19.8 Å². The fourth-order valence-electron chi connectivity index (χ4n) is 4.63. The van der Waals surface area contributed by atoms with Gasteiger partial charge in [0.25, 0.3) is 0 Å². The van der Waals surface area contributed by atoms with E-state index in [1.807, 2.05) is 0 Å². The highest BCUT2D eigenvalue weighted by Gasteiger charge is 2.27. The highest BCUT2D eigenvalue weighted by Crippen LogP contribution is 2.43. The SMILES string of the molecule is CC/C=C\C/C=C\C/C=C\C/C=C\CCCCC(=O)O[C@H](COC(=O)CCCCCCCCCCCCC)COP(=O)(O)OC[C@@H](O)CO. The van der Waals surface area contributed by atoms with Crippen molar-refractivity contribution in [3.63, 3.8) is 0 Å². The molecule has 0 saturated heterocycles. The summed E-state index contributed by atoms with van der Waals surface area (Å²) in [5, 5.41) is 18.2. The lowest BCUT2D eigenvalue weighted by molar-refractivity contribution is -0.161. The van der Waals surface area contributed by atoms with E-state index in [9.17, 15) is 24.2 Å². The van der Waals surface area contributed by atoms with Gasteiger partial charge >= 0.3 is 19.8 Å². The molecule has 49 heavy (non-hydrogen) atoms. The molecule has 0 aromatic heterocycles. The number of allylic oxidation sites excluding steroid dienone is 8. The van der Waals surface area contributed by atoms with Crippen molar-refractivity contribution >= 4 is 19.8 Å². The third kappa shape index (κ3) is 34.2. The van der Waals surface area contributed by atoms with Crippen LogP contribution in [0.2, 0.25) is 0 Å². The van der Waals surface area contributed by atoms with Crippen LogP contribution in [0, 0.1) is 0 Å². The second-order valence-electron chi connectivity index (χ2n) is 12.2. The van der Waals surface area contributed by atoms with Gasteiger partial charge in [0.15, 0.2) is 6.10 Å². The highest BCUT2D eigenvalue weighted by molar-refractivity contribution is 7.47. The number of unbranched alkanes of at least 4 members (excludes halogenated alkanes) is 12. The summed E-state index contributed by atoms with van der Waals surface area (Å²) in [5.41, 5.74) is 0. The highest BCUT2D eigenvalue weighted by atomic mass is 31.2. The maximum absolute atomic E-state index is 12.5. The van der Waals surface area contributed by atoms with E-state index in [0.717, 1.165) is 57.8 Å². The molecule has 0 spiro atoms. The smallest absolute Gasteiger partial charge is 0.462 e. The fraction of sp³-hybridized carbons (Fsp3) is 0.737. The van der Waals surface area contributed by atoms with Crippen LogP contribution in [-0.4, -0.2) is 65.7 Å². The van der Waals surface area contributed by atoms with Gasteiger partial charge < -0.3 is 24.6 Å². The summed E-state index contributed by atoms with van der Waals surface area (Å²) in [6.45, 7) is 2.18. The van der Waals surface area contributed by atoms with Crippen molar-refractivity contribution in [2.24, 2.45) is 0 Å². The normalized spacial score (nSPS) is 14.6. The van der Waals surface area contributed by atoms with Crippen LogP contribution in [0.25, 0.3) is 0 Å². The molecule has 0 fully saturated rings. The Morgan fingerprint density at radius 3 is 1.69 bits per heavy atom. The van der Waals surface area contributed by atoms with Crippen LogP contribution in [0.1, 0.15) is 142 Å². The predicted octanol–water partition coefficient (Wildman–Crippen LogP) is 8.99. The summed E-state index contributed by atoms with van der Waals surface area (Å²) in [5.74, 6) is -0.978. The number of phosphoric ester groups is 1. The van der Waals surface area contributed by atoms with E-state index in [-0.39, 0.29) is 19.4 Å². The quantitative estimate of drug-likeness (QED) is 0.0255. The van der Waals surface area contributed by atoms with Crippen LogP contribution in [0.5, 0.6) is 0 Å². The summed E-state index contributed by atoms with van der Waals surface area (Å²) < 4.78 is 32.5. The van der Waals surface area contributed by atoms with E-state index in [2.05, 4.69) is 67.0 Å². The minimum Gasteiger partial charge on any atom is -0.462 e. The van der Waals surface area contributed by atoms with E-state index in [1.165, 1.54) is 44.9 Å². The van der Waals surface area contributed by atoms with Gasteiger partial charge in [0.2, 0.25) is 0 Å². The average molecular weight is 715 g/mol. The molecule has 0 aliphatic heterocycles. The van der Waals surface area contributed by atoms with Crippen LogP contribution in [0.3, 0.4) is 0 Å². The Bertz CT molecular complexity index is 962. The molecule has 10 nitrogen and oxygen atoms in total. The van der Waals surface area contributed by atoms with Gasteiger partial charge in [-0.05, 0) is 51.4 Å². The molecular weight excluding hydrogens is 647 g/mol. The van der Waals surface area contributed by atoms with Crippen LogP contribution in [0.4, 0.5) is 0 Å². The van der Waals surface area contributed by atoms with Gasteiger partial charge in [0.1, 0.15) is 12.7 Å². The van der Waals surface area contributed by atoms with Crippen molar-refractivity contribution in [1.82, 2.24) is 0 Å². The number of ether oxygens (including phenoxy) is 2. The summed E-state index contributed by atoms with van der Waals surface area (Å²) in [6.07, 6.45) is 33.7. The second kappa shape index (κ2) is 34.4. The summed E-state index contributed by atoms with van der Waals surface area (Å²) in [7, 11) is -4.62. The average Bonchev–Trinajstić information content (AvgIpc) is 3.09. The molecule has 3 atom stereocenters. The Hall–Kier alpha value is -2.07. The Labute approximate surface area is 296 Å². The number of carbonyl (C=O) groups is 2. The maximum atomic E-state index is 12.5.